The number of nitrogens with zero attached hydrogens (tertiary/aromatic N) is 1. The minimum absolute atomic E-state index is 0. The van der Waals surface area contributed by atoms with Crippen molar-refractivity contribution < 1.29 is 9.53 Å². The van der Waals surface area contributed by atoms with Crippen LogP contribution >= 0.6 is 24.0 Å². The first-order valence-electron chi connectivity index (χ1n) is 5.62. The second-order valence-corrected chi connectivity index (χ2v) is 4.35. The molecule has 1 fully saturated rings. The normalized spacial score (nSPS) is 14.8. The van der Waals surface area contributed by atoms with Crippen LogP contribution in [0.15, 0.2) is 24.3 Å². The lowest BCUT2D eigenvalue weighted by atomic mass is 10.2. The topological polar surface area (TPSA) is 41.6 Å². The predicted octanol–water partition coefficient (Wildman–Crippen LogP) is 2.30. The third-order valence-electron chi connectivity index (χ3n) is 2.65. The number of benzene rings is 1. The Kier molecular flexibility index (Phi) is 6.25. The third-order valence-corrected chi connectivity index (χ3v) is 2.90. The van der Waals surface area contributed by atoms with Gasteiger partial charge in [-0.3, -0.25) is 0 Å². The van der Waals surface area contributed by atoms with Crippen molar-refractivity contribution in [2.45, 2.75) is 6.61 Å². The molecule has 1 N–H and O–H groups in total. The van der Waals surface area contributed by atoms with Gasteiger partial charge in [-0.1, -0.05) is 23.7 Å². The lowest BCUT2D eigenvalue weighted by molar-refractivity contribution is 0.0918. The van der Waals surface area contributed by atoms with E-state index in [1.54, 1.807) is 17.0 Å². The van der Waals surface area contributed by atoms with E-state index in [-0.39, 0.29) is 18.5 Å². The van der Waals surface area contributed by atoms with Crippen LogP contribution in [0.5, 0.6) is 0 Å². The molecule has 0 saturated carbocycles. The highest BCUT2D eigenvalue weighted by molar-refractivity contribution is 6.30. The molecule has 1 amide bonds. The van der Waals surface area contributed by atoms with E-state index in [0.29, 0.717) is 24.7 Å². The van der Waals surface area contributed by atoms with Crippen molar-refractivity contribution in [3.8, 4) is 0 Å². The number of amides is 1. The highest BCUT2D eigenvalue weighted by Gasteiger charge is 2.17. The van der Waals surface area contributed by atoms with Gasteiger partial charge in [0.05, 0.1) is 0 Å². The van der Waals surface area contributed by atoms with Crippen LogP contribution < -0.4 is 5.32 Å². The number of hydrogen-bond acceptors (Lipinski definition) is 3. The van der Waals surface area contributed by atoms with Crippen molar-refractivity contribution in [1.82, 2.24) is 10.2 Å². The average molecular weight is 291 g/mol. The molecule has 0 unspecified atom stereocenters. The zero-order valence-electron chi connectivity index (χ0n) is 9.89. The zero-order valence-corrected chi connectivity index (χ0v) is 11.5. The first kappa shape index (κ1) is 15.1. The molecule has 6 heteroatoms. The van der Waals surface area contributed by atoms with Gasteiger partial charge in [0.15, 0.2) is 0 Å². The van der Waals surface area contributed by atoms with Crippen molar-refractivity contribution in [2.24, 2.45) is 0 Å². The number of hydrogen-bond donors (Lipinski definition) is 1. The second kappa shape index (κ2) is 7.46. The Morgan fingerprint density at radius 1 is 1.28 bits per heavy atom. The fourth-order valence-corrected chi connectivity index (χ4v) is 1.79. The summed E-state index contributed by atoms with van der Waals surface area (Å²) in [6, 6.07) is 7.28. The molecular formula is C12H16Cl2N2O2. The Morgan fingerprint density at radius 2 is 1.89 bits per heavy atom. The lowest BCUT2D eigenvalue weighted by Gasteiger charge is -2.26. The average Bonchev–Trinajstić information content (AvgIpc) is 2.39. The van der Waals surface area contributed by atoms with Crippen LogP contribution in [0.4, 0.5) is 4.79 Å². The Balaban J connectivity index is 0.00000162. The van der Waals surface area contributed by atoms with Crippen molar-refractivity contribution in [1.29, 1.82) is 0 Å². The highest BCUT2D eigenvalue weighted by atomic mass is 35.5. The molecule has 18 heavy (non-hydrogen) atoms. The molecule has 0 aliphatic carbocycles. The summed E-state index contributed by atoms with van der Waals surface area (Å²) in [6.07, 6.45) is -0.249. The maximum absolute atomic E-state index is 11.7. The number of piperazine rings is 1. The van der Waals surface area contributed by atoms with Gasteiger partial charge in [0.1, 0.15) is 6.61 Å². The highest BCUT2D eigenvalue weighted by Crippen LogP contribution is 2.10. The largest absolute Gasteiger partial charge is 0.445 e. The number of rotatable bonds is 2. The van der Waals surface area contributed by atoms with E-state index >= 15 is 0 Å². The summed E-state index contributed by atoms with van der Waals surface area (Å²) >= 11 is 5.77. The molecule has 1 aliphatic rings. The van der Waals surface area contributed by atoms with Crippen LogP contribution in [0.2, 0.25) is 5.02 Å². The lowest BCUT2D eigenvalue weighted by Crippen LogP contribution is -2.46. The number of carbonyl (C=O) groups excluding carboxylic acids is 1. The summed E-state index contributed by atoms with van der Waals surface area (Å²) in [5.74, 6) is 0. The zero-order chi connectivity index (χ0) is 12.1. The smallest absolute Gasteiger partial charge is 0.410 e. The number of carbonyl (C=O) groups is 1. The fraction of sp³-hybridized carbons (Fsp3) is 0.417. The van der Waals surface area contributed by atoms with E-state index in [4.69, 9.17) is 16.3 Å². The van der Waals surface area contributed by atoms with E-state index < -0.39 is 0 Å². The van der Waals surface area contributed by atoms with Gasteiger partial charge in [-0.2, -0.15) is 0 Å². The van der Waals surface area contributed by atoms with Gasteiger partial charge in [-0.05, 0) is 17.7 Å². The van der Waals surface area contributed by atoms with Crippen molar-refractivity contribution >= 4 is 30.1 Å². The number of ether oxygens (including phenoxy) is 1. The standard InChI is InChI=1S/C12H15ClN2O2.ClH/c13-11-3-1-10(2-4-11)9-17-12(16)15-7-5-14-6-8-15;/h1-4,14H,5-9H2;1H. The first-order chi connectivity index (χ1) is 8.25. The van der Waals surface area contributed by atoms with E-state index in [2.05, 4.69) is 5.32 Å². The van der Waals surface area contributed by atoms with Crippen LogP contribution in [-0.2, 0) is 11.3 Å². The van der Waals surface area contributed by atoms with Crippen LogP contribution in [0.25, 0.3) is 0 Å². The molecule has 2 rings (SSSR count). The minimum Gasteiger partial charge on any atom is -0.445 e. The molecule has 0 atom stereocenters. The third kappa shape index (κ3) is 4.37. The minimum atomic E-state index is -0.249. The summed E-state index contributed by atoms with van der Waals surface area (Å²) in [4.78, 5) is 13.4. The molecule has 1 heterocycles. The molecule has 0 aromatic heterocycles. The van der Waals surface area contributed by atoms with E-state index in [1.165, 1.54) is 0 Å². The fourth-order valence-electron chi connectivity index (χ4n) is 1.66. The Labute approximate surface area is 118 Å². The van der Waals surface area contributed by atoms with Gasteiger partial charge in [-0.25, -0.2) is 4.79 Å². The van der Waals surface area contributed by atoms with Crippen LogP contribution in [0, 0.1) is 0 Å². The van der Waals surface area contributed by atoms with Crippen molar-refractivity contribution in [3.63, 3.8) is 0 Å². The van der Waals surface area contributed by atoms with Crippen LogP contribution in [0.1, 0.15) is 5.56 Å². The molecule has 0 radical (unpaired) electrons. The van der Waals surface area contributed by atoms with Gasteiger partial charge < -0.3 is 15.0 Å². The van der Waals surface area contributed by atoms with Crippen LogP contribution in [-0.4, -0.2) is 37.2 Å². The quantitative estimate of drug-likeness (QED) is 0.909. The van der Waals surface area contributed by atoms with Gasteiger partial charge in [0.25, 0.3) is 0 Å². The molecule has 0 bridgehead atoms. The Hall–Kier alpha value is -0.970. The van der Waals surface area contributed by atoms with Crippen LogP contribution in [0.3, 0.4) is 0 Å². The molecule has 100 valence electrons. The summed E-state index contributed by atoms with van der Waals surface area (Å²) in [5, 5.41) is 3.87. The Bertz CT molecular complexity index is 378. The number of nitrogens with one attached hydrogen (secondary N) is 1. The molecule has 1 saturated heterocycles. The van der Waals surface area contributed by atoms with Crippen molar-refractivity contribution in [3.05, 3.63) is 34.9 Å². The summed E-state index contributed by atoms with van der Waals surface area (Å²) in [7, 11) is 0. The molecule has 0 spiro atoms. The van der Waals surface area contributed by atoms with E-state index in [9.17, 15) is 4.79 Å². The van der Waals surface area contributed by atoms with Crippen molar-refractivity contribution in [2.75, 3.05) is 26.2 Å². The van der Waals surface area contributed by atoms with Gasteiger partial charge >= 0.3 is 6.09 Å². The maximum Gasteiger partial charge on any atom is 0.410 e. The molecule has 1 aromatic carbocycles. The second-order valence-electron chi connectivity index (χ2n) is 3.92. The van der Waals surface area contributed by atoms with E-state index in [0.717, 1.165) is 18.7 Å². The maximum atomic E-state index is 11.7. The first-order valence-corrected chi connectivity index (χ1v) is 6.00. The molecular weight excluding hydrogens is 275 g/mol. The van der Waals surface area contributed by atoms with Gasteiger partial charge in [-0.15, -0.1) is 12.4 Å². The molecule has 1 aliphatic heterocycles. The predicted molar refractivity (Wildman–Crippen MR) is 73.3 cm³/mol. The molecule has 4 nitrogen and oxygen atoms in total. The SMILES string of the molecule is Cl.O=C(OCc1ccc(Cl)cc1)N1CCNCC1. The Morgan fingerprint density at radius 3 is 2.50 bits per heavy atom. The monoisotopic (exact) mass is 290 g/mol. The van der Waals surface area contributed by atoms with E-state index in [1.807, 2.05) is 12.1 Å². The summed E-state index contributed by atoms with van der Waals surface area (Å²) < 4.78 is 5.22. The summed E-state index contributed by atoms with van der Waals surface area (Å²) in [6.45, 7) is 3.37. The molecule has 1 aromatic rings. The summed E-state index contributed by atoms with van der Waals surface area (Å²) in [5.41, 5.74) is 0.942. The number of halogens is 2. The van der Waals surface area contributed by atoms with Gasteiger partial charge in [0, 0.05) is 31.2 Å². The van der Waals surface area contributed by atoms with Gasteiger partial charge in [0.2, 0.25) is 0 Å².